The van der Waals surface area contributed by atoms with E-state index in [0.29, 0.717) is 30.8 Å². The predicted molar refractivity (Wildman–Crippen MR) is 99.3 cm³/mol. The van der Waals surface area contributed by atoms with Gasteiger partial charge in [-0.1, -0.05) is 0 Å². The third kappa shape index (κ3) is 5.18. The normalized spacial score (nSPS) is 15.4. The number of nitrogens with zero attached hydrogens (tertiary/aromatic N) is 2. The van der Waals surface area contributed by atoms with Crippen molar-refractivity contribution >= 4 is 21.8 Å². The van der Waals surface area contributed by atoms with Gasteiger partial charge in [-0.2, -0.15) is 4.31 Å². The Kier molecular flexibility index (Phi) is 7.17. The summed E-state index contributed by atoms with van der Waals surface area (Å²) in [5.74, 6) is 5.20. The maximum Gasteiger partial charge on any atom is 0.243 e. The molecule has 0 radical (unpaired) electrons. The second-order valence-corrected chi connectivity index (χ2v) is 8.24. The predicted octanol–water partition coefficient (Wildman–Crippen LogP) is -0.00328. The zero-order valence-electron chi connectivity index (χ0n) is 15.6. The quantitative estimate of drug-likeness (QED) is 0.379. The molecule has 1 heterocycles. The van der Waals surface area contributed by atoms with E-state index < -0.39 is 10.0 Å². The average molecular weight is 398 g/mol. The van der Waals surface area contributed by atoms with Crippen LogP contribution in [0, 0.1) is 6.92 Å². The summed E-state index contributed by atoms with van der Waals surface area (Å²) in [6.07, 6.45) is 0.830. The molecule has 1 aromatic rings. The van der Waals surface area contributed by atoms with E-state index in [1.165, 1.54) is 11.4 Å². The van der Waals surface area contributed by atoms with Crippen molar-refractivity contribution in [3.63, 3.8) is 0 Å². The third-order valence-electron chi connectivity index (χ3n) is 4.55. The zero-order valence-corrected chi connectivity index (χ0v) is 16.4. The summed E-state index contributed by atoms with van der Waals surface area (Å²) in [5, 5.41) is 0. The fraction of sp³-hybridized carbons (Fsp3) is 0.529. The van der Waals surface area contributed by atoms with Crippen LogP contribution in [-0.4, -0.2) is 62.7 Å². The highest BCUT2D eigenvalue weighted by Crippen LogP contribution is 2.25. The monoisotopic (exact) mass is 398 g/mol. The first-order valence-corrected chi connectivity index (χ1v) is 10.2. The van der Waals surface area contributed by atoms with Gasteiger partial charge in [0.25, 0.3) is 0 Å². The van der Waals surface area contributed by atoms with Crippen molar-refractivity contribution < 1.29 is 22.7 Å². The second-order valence-electron chi connectivity index (χ2n) is 6.34. The number of aryl methyl sites for hydroxylation is 1. The molecule has 3 N–H and O–H groups in total. The molecule has 1 fully saturated rings. The van der Waals surface area contributed by atoms with Gasteiger partial charge < -0.3 is 9.64 Å². The Hall–Kier alpha value is -2.17. The SMILES string of the molecule is COc1ccc(S(=O)(=O)N2CCN(C(=O)CCCC(=O)NN)CC2)c(C)c1. The average Bonchev–Trinajstić information content (AvgIpc) is 2.67. The summed E-state index contributed by atoms with van der Waals surface area (Å²) in [7, 11) is -2.10. The van der Waals surface area contributed by atoms with Crippen LogP contribution in [0.3, 0.4) is 0 Å². The molecule has 0 aromatic heterocycles. The molecule has 9 nitrogen and oxygen atoms in total. The van der Waals surface area contributed by atoms with Gasteiger partial charge in [-0.15, -0.1) is 0 Å². The summed E-state index contributed by atoms with van der Waals surface area (Å²) in [4.78, 5) is 25.2. The largest absolute Gasteiger partial charge is 0.497 e. The van der Waals surface area contributed by atoms with Gasteiger partial charge in [0, 0.05) is 39.0 Å². The molecule has 0 aliphatic carbocycles. The van der Waals surface area contributed by atoms with Crippen LogP contribution in [0.1, 0.15) is 24.8 Å². The number of piperazine rings is 1. The van der Waals surface area contributed by atoms with E-state index in [9.17, 15) is 18.0 Å². The number of nitrogens with two attached hydrogens (primary N) is 1. The molecule has 0 atom stereocenters. The lowest BCUT2D eigenvalue weighted by Crippen LogP contribution is -2.50. The molecular formula is C17H26N4O5S. The summed E-state index contributed by atoms with van der Waals surface area (Å²) in [6.45, 7) is 2.87. The van der Waals surface area contributed by atoms with Crippen LogP contribution in [0.15, 0.2) is 23.1 Å². The van der Waals surface area contributed by atoms with Crippen LogP contribution in [0.4, 0.5) is 0 Å². The maximum absolute atomic E-state index is 12.9. The molecule has 0 spiro atoms. The van der Waals surface area contributed by atoms with E-state index in [-0.39, 0.29) is 42.6 Å². The summed E-state index contributed by atoms with van der Waals surface area (Å²) < 4.78 is 32.3. The van der Waals surface area contributed by atoms with Gasteiger partial charge in [0.2, 0.25) is 21.8 Å². The number of nitrogens with one attached hydrogen (secondary N) is 1. The minimum atomic E-state index is -3.63. The number of rotatable bonds is 7. The minimum Gasteiger partial charge on any atom is -0.497 e. The van der Waals surface area contributed by atoms with E-state index in [1.807, 2.05) is 5.43 Å². The van der Waals surface area contributed by atoms with Crippen LogP contribution in [0.2, 0.25) is 0 Å². The summed E-state index contributed by atoms with van der Waals surface area (Å²) >= 11 is 0. The van der Waals surface area contributed by atoms with Crippen molar-refractivity contribution in [1.29, 1.82) is 0 Å². The van der Waals surface area contributed by atoms with Gasteiger partial charge in [-0.05, 0) is 37.1 Å². The lowest BCUT2D eigenvalue weighted by molar-refractivity contribution is -0.132. The van der Waals surface area contributed by atoms with Crippen LogP contribution < -0.4 is 16.0 Å². The third-order valence-corrected chi connectivity index (χ3v) is 6.61. The van der Waals surface area contributed by atoms with Crippen molar-refractivity contribution in [1.82, 2.24) is 14.6 Å². The second kappa shape index (κ2) is 9.16. The molecule has 10 heteroatoms. The molecule has 1 saturated heterocycles. The zero-order chi connectivity index (χ0) is 20.0. The molecule has 1 aromatic carbocycles. The minimum absolute atomic E-state index is 0.0857. The van der Waals surface area contributed by atoms with Crippen LogP contribution >= 0.6 is 0 Å². The standard InChI is InChI=1S/C17H26N4O5S/c1-13-12-14(26-2)6-7-15(13)27(24,25)21-10-8-20(9-11-21)17(23)5-3-4-16(22)19-18/h6-7,12H,3-5,8-11,18H2,1-2H3,(H,19,22). The number of carbonyl (C=O) groups excluding carboxylic acids is 2. The fourth-order valence-corrected chi connectivity index (χ4v) is 4.61. The molecule has 2 amide bonds. The Morgan fingerprint density at radius 2 is 1.85 bits per heavy atom. The van der Waals surface area contributed by atoms with Crippen molar-refractivity contribution in [3.8, 4) is 5.75 Å². The smallest absolute Gasteiger partial charge is 0.243 e. The van der Waals surface area contributed by atoms with E-state index >= 15 is 0 Å². The first-order chi connectivity index (χ1) is 12.8. The van der Waals surface area contributed by atoms with Crippen LogP contribution in [-0.2, 0) is 19.6 Å². The number of hydrogen-bond acceptors (Lipinski definition) is 6. The number of ether oxygens (including phenoxy) is 1. The Bertz CT molecular complexity index is 789. The molecule has 1 aliphatic heterocycles. The summed E-state index contributed by atoms with van der Waals surface area (Å²) in [5.41, 5.74) is 2.64. The molecule has 0 unspecified atom stereocenters. The molecule has 0 saturated carbocycles. The molecule has 2 rings (SSSR count). The number of amides is 2. The fourth-order valence-electron chi connectivity index (χ4n) is 2.99. The lowest BCUT2D eigenvalue weighted by Gasteiger charge is -2.34. The molecule has 27 heavy (non-hydrogen) atoms. The van der Waals surface area contributed by atoms with Gasteiger partial charge in [0.15, 0.2) is 0 Å². The van der Waals surface area contributed by atoms with E-state index in [1.54, 1.807) is 30.0 Å². The Morgan fingerprint density at radius 3 is 2.41 bits per heavy atom. The van der Waals surface area contributed by atoms with E-state index in [0.717, 1.165) is 0 Å². The maximum atomic E-state index is 12.9. The van der Waals surface area contributed by atoms with Gasteiger partial charge in [0.05, 0.1) is 12.0 Å². The Morgan fingerprint density at radius 1 is 1.19 bits per heavy atom. The molecule has 1 aliphatic rings. The Labute approximate surface area is 159 Å². The number of hydrogen-bond donors (Lipinski definition) is 2. The first kappa shape index (κ1) is 21.1. The number of sulfonamides is 1. The number of hydrazine groups is 1. The van der Waals surface area contributed by atoms with Crippen LogP contribution in [0.25, 0.3) is 0 Å². The van der Waals surface area contributed by atoms with Crippen LogP contribution in [0.5, 0.6) is 5.75 Å². The Balaban J connectivity index is 1.94. The highest BCUT2D eigenvalue weighted by molar-refractivity contribution is 7.89. The van der Waals surface area contributed by atoms with E-state index in [4.69, 9.17) is 10.6 Å². The number of benzene rings is 1. The molecular weight excluding hydrogens is 372 g/mol. The number of methoxy groups -OCH3 is 1. The summed E-state index contributed by atoms with van der Waals surface area (Å²) in [6, 6.07) is 4.85. The van der Waals surface area contributed by atoms with Gasteiger partial charge in [0.1, 0.15) is 5.75 Å². The van der Waals surface area contributed by atoms with Crippen molar-refractivity contribution in [2.24, 2.45) is 5.84 Å². The van der Waals surface area contributed by atoms with Gasteiger partial charge in [-0.25, -0.2) is 14.3 Å². The van der Waals surface area contributed by atoms with E-state index in [2.05, 4.69) is 0 Å². The molecule has 0 bridgehead atoms. The topological polar surface area (TPSA) is 122 Å². The van der Waals surface area contributed by atoms with Crippen molar-refractivity contribution in [2.45, 2.75) is 31.1 Å². The molecule has 150 valence electrons. The lowest BCUT2D eigenvalue weighted by atomic mass is 10.2. The van der Waals surface area contributed by atoms with Crippen molar-refractivity contribution in [3.05, 3.63) is 23.8 Å². The highest BCUT2D eigenvalue weighted by Gasteiger charge is 2.31. The van der Waals surface area contributed by atoms with Gasteiger partial charge in [-0.3, -0.25) is 15.0 Å². The first-order valence-electron chi connectivity index (χ1n) is 8.71. The van der Waals surface area contributed by atoms with Crippen molar-refractivity contribution in [2.75, 3.05) is 33.3 Å². The highest BCUT2D eigenvalue weighted by atomic mass is 32.2. The number of carbonyl (C=O) groups is 2. The van der Waals surface area contributed by atoms with Gasteiger partial charge >= 0.3 is 0 Å².